The molecule has 0 fully saturated rings. The van der Waals surface area contributed by atoms with Crippen LogP contribution in [0.15, 0.2) is 36.4 Å². The number of hydrogen-bond donors (Lipinski definition) is 1. The summed E-state index contributed by atoms with van der Waals surface area (Å²) in [5.74, 6) is 0.944. The first kappa shape index (κ1) is 14.2. The van der Waals surface area contributed by atoms with Gasteiger partial charge in [-0.1, -0.05) is 30.3 Å². The van der Waals surface area contributed by atoms with E-state index in [0.717, 1.165) is 16.9 Å². The van der Waals surface area contributed by atoms with Gasteiger partial charge in [-0.15, -0.1) is 0 Å². The molecule has 0 spiro atoms. The molecule has 0 heterocycles. The SMILES string of the molecule is Cc1cc([C@H](C)N)ccc1OCc1ccc2c(c1)CCC2. The van der Waals surface area contributed by atoms with Crippen LogP contribution in [0.25, 0.3) is 0 Å². The van der Waals surface area contributed by atoms with Gasteiger partial charge in [-0.05, 0) is 67.0 Å². The predicted octanol–water partition coefficient (Wildman–Crippen LogP) is 4.08. The molecule has 21 heavy (non-hydrogen) atoms. The molecule has 0 amide bonds. The molecule has 1 atom stereocenters. The highest BCUT2D eigenvalue weighted by atomic mass is 16.5. The van der Waals surface area contributed by atoms with Gasteiger partial charge < -0.3 is 10.5 Å². The van der Waals surface area contributed by atoms with Gasteiger partial charge in [0.2, 0.25) is 0 Å². The molecule has 110 valence electrons. The van der Waals surface area contributed by atoms with E-state index >= 15 is 0 Å². The van der Waals surface area contributed by atoms with Crippen molar-refractivity contribution in [3.05, 3.63) is 64.2 Å². The highest BCUT2D eigenvalue weighted by Gasteiger charge is 2.11. The number of rotatable bonds is 4. The molecular formula is C19H23NO. The van der Waals surface area contributed by atoms with E-state index in [9.17, 15) is 0 Å². The van der Waals surface area contributed by atoms with E-state index in [1.807, 2.05) is 13.0 Å². The maximum Gasteiger partial charge on any atom is 0.122 e. The first-order valence-electron chi connectivity index (χ1n) is 7.73. The fourth-order valence-corrected chi connectivity index (χ4v) is 2.99. The van der Waals surface area contributed by atoms with Gasteiger partial charge in [0, 0.05) is 6.04 Å². The summed E-state index contributed by atoms with van der Waals surface area (Å²) in [7, 11) is 0. The summed E-state index contributed by atoms with van der Waals surface area (Å²) in [6.45, 7) is 4.70. The van der Waals surface area contributed by atoms with Crippen molar-refractivity contribution in [3.63, 3.8) is 0 Å². The van der Waals surface area contributed by atoms with Crippen LogP contribution < -0.4 is 10.5 Å². The van der Waals surface area contributed by atoms with Crippen LogP contribution in [0.4, 0.5) is 0 Å². The van der Waals surface area contributed by atoms with Crippen LogP contribution in [0.2, 0.25) is 0 Å². The number of nitrogens with two attached hydrogens (primary N) is 1. The second-order valence-corrected chi connectivity index (χ2v) is 6.06. The van der Waals surface area contributed by atoms with Crippen molar-refractivity contribution < 1.29 is 4.74 Å². The van der Waals surface area contributed by atoms with Gasteiger partial charge >= 0.3 is 0 Å². The summed E-state index contributed by atoms with van der Waals surface area (Å²) in [5.41, 5.74) is 12.5. The fourth-order valence-electron chi connectivity index (χ4n) is 2.99. The minimum atomic E-state index is 0.0643. The monoisotopic (exact) mass is 281 g/mol. The van der Waals surface area contributed by atoms with Crippen molar-refractivity contribution in [2.75, 3.05) is 0 Å². The van der Waals surface area contributed by atoms with E-state index in [2.05, 4.69) is 37.3 Å². The minimum Gasteiger partial charge on any atom is -0.489 e. The second-order valence-electron chi connectivity index (χ2n) is 6.06. The van der Waals surface area contributed by atoms with Crippen LogP contribution >= 0.6 is 0 Å². The number of fused-ring (bicyclic) bond motifs is 1. The summed E-state index contributed by atoms with van der Waals surface area (Å²) in [4.78, 5) is 0. The van der Waals surface area contributed by atoms with Crippen LogP contribution in [0.3, 0.4) is 0 Å². The van der Waals surface area contributed by atoms with Crippen molar-refractivity contribution in [2.45, 2.75) is 45.8 Å². The molecule has 0 saturated carbocycles. The molecule has 0 bridgehead atoms. The van der Waals surface area contributed by atoms with Gasteiger partial charge in [-0.3, -0.25) is 0 Å². The smallest absolute Gasteiger partial charge is 0.122 e. The first-order chi connectivity index (χ1) is 10.1. The predicted molar refractivity (Wildman–Crippen MR) is 86.6 cm³/mol. The largest absolute Gasteiger partial charge is 0.489 e. The molecule has 0 aliphatic heterocycles. The highest BCUT2D eigenvalue weighted by molar-refractivity contribution is 5.38. The Balaban J connectivity index is 1.70. The second kappa shape index (κ2) is 5.90. The van der Waals surface area contributed by atoms with E-state index < -0.39 is 0 Å². The summed E-state index contributed by atoms with van der Waals surface area (Å²) in [5, 5.41) is 0. The topological polar surface area (TPSA) is 35.2 Å². The molecule has 0 aromatic heterocycles. The standard InChI is InChI=1S/C19H23NO/c1-13-10-17(14(2)20)8-9-19(13)21-12-15-6-7-16-4-3-5-18(16)11-15/h6-11,14H,3-5,12,20H2,1-2H3/t14-/m0/s1. The van der Waals surface area contributed by atoms with Crippen LogP contribution in [0.1, 0.15) is 47.2 Å². The van der Waals surface area contributed by atoms with Gasteiger partial charge in [0.25, 0.3) is 0 Å². The molecule has 2 aromatic rings. The van der Waals surface area contributed by atoms with E-state index in [-0.39, 0.29) is 6.04 Å². The summed E-state index contributed by atoms with van der Waals surface area (Å²) in [6.07, 6.45) is 3.73. The normalized spacial score (nSPS) is 14.8. The lowest BCUT2D eigenvalue weighted by molar-refractivity contribution is 0.304. The average molecular weight is 281 g/mol. The molecule has 0 unspecified atom stereocenters. The van der Waals surface area contributed by atoms with E-state index in [1.165, 1.54) is 36.0 Å². The van der Waals surface area contributed by atoms with Gasteiger partial charge in [-0.25, -0.2) is 0 Å². The van der Waals surface area contributed by atoms with Crippen molar-refractivity contribution in [1.82, 2.24) is 0 Å². The van der Waals surface area contributed by atoms with Gasteiger partial charge in [0.1, 0.15) is 12.4 Å². The molecule has 1 aliphatic rings. The Kier molecular flexibility index (Phi) is 3.98. The molecule has 1 aliphatic carbocycles. The molecular weight excluding hydrogens is 258 g/mol. The molecule has 2 heteroatoms. The minimum absolute atomic E-state index is 0.0643. The van der Waals surface area contributed by atoms with Gasteiger partial charge in [0.05, 0.1) is 0 Å². The Morgan fingerprint density at radius 3 is 2.67 bits per heavy atom. The van der Waals surface area contributed by atoms with Crippen LogP contribution in [0, 0.1) is 6.92 Å². The first-order valence-corrected chi connectivity index (χ1v) is 7.73. The zero-order valence-corrected chi connectivity index (χ0v) is 12.9. The number of benzene rings is 2. The Morgan fingerprint density at radius 1 is 1.10 bits per heavy atom. The molecule has 2 N–H and O–H groups in total. The van der Waals surface area contributed by atoms with Gasteiger partial charge in [-0.2, -0.15) is 0 Å². The molecule has 3 rings (SSSR count). The fraction of sp³-hybridized carbons (Fsp3) is 0.368. The third-order valence-electron chi connectivity index (χ3n) is 4.28. The number of ether oxygens (including phenoxy) is 1. The van der Waals surface area contributed by atoms with E-state index in [1.54, 1.807) is 0 Å². The molecule has 0 radical (unpaired) electrons. The molecule has 2 nitrogen and oxygen atoms in total. The Labute approximate surface area is 126 Å². The van der Waals surface area contributed by atoms with Crippen LogP contribution in [-0.2, 0) is 19.4 Å². The Bertz CT molecular complexity index is 646. The maximum absolute atomic E-state index is 5.98. The van der Waals surface area contributed by atoms with Crippen molar-refractivity contribution in [3.8, 4) is 5.75 Å². The quantitative estimate of drug-likeness (QED) is 0.916. The summed E-state index contributed by atoms with van der Waals surface area (Å²) >= 11 is 0. The van der Waals surface area contributed by atoms with Crippen LogP contribution in [0.5, 0.6) is 5.75 Å². The van der Waals surface area contributed by atoms with Crippen LogP contribution in [-0.4, -0.2) is 0 Å². The maximum atomic E-state index is 5.98. The average Bonchev–Trinajstić information content (AvgIpc) is 2.93. The summed E-state index contributed by atoms with van der Waals surface area (Å²) < 4.78 is 5.98. The Morgan fingerprint density at radius 2 is 1.90 bits per heavy atom. The lowest BCUT2D eigenvalue weighted by atomic mass is 10.1. The lowest BCUT2D eigenvalue weighted by Gasteiger charge is -2.13. The molecule has 2 aromatic carbocycles. The third-order valence-corrected chi connectivity index (χ3v) is 4.28. The zero-order valence-electron chi connectivity index (χ0n) is 12.9. The van der Waals surface area contributed by atoms with Crippen molar-refractivity contribution in [2.24, 2.45) is 5.73 Å². The molecule has 0 saturated heterocycles. The zero-order chi connectivity index (χ0) is 14.8. The number of hydrogen-bond acceptors (Lipinski definition) is 2. The van der Waals surface area contributed by atoms with Gasteiger partial charge in [0.15, 0.2) is 0 Å². The third kappa shape index (κ3) is 3.11. The summed E-state index contributed by atoms with van der Waals surface area (Å²) in [6, 6.07) is 13.0. The Hall–Kier alpha value is -1.80. The van der Waals surface area contributed by atoms with E-state index in [4.69, 9.17) is 10.5 Å². The lowest BCUT2D eigenvalue weighted by Crippen LogP contribution is -2.05. The highest BCUT2D eigenvalue weighted by Crippen LogP contribution is 2.25. The van der Waals surface area contributed by atoms with Crippen molar-refractivity contribution >= 4 is 0 Å². The van der Waals surface area contributed by atoms with Crippen molar-refractivity contribution in [1.29, 1.82) is 0 Å². The van der Waals surface area contributed by atoms with E-state index in [0.29, 0.717) is 6.61 Å². The number of aryl methyl sites for hydroxylation is 3.